The van der Waals surface area contributed by atoms with Crippen LogP contribution in [0.1, 0.15) is 4.88 Å². The van der Waals surface area contributed by atoms with Gasteiger partial charge in [-0.3, -0.25) is 9.59 Å². The summed E-state index contributed by atoms with van der Waals surface area (Å²) in [4.78, 5) is 29.6. The number of aromatic nitrogens is 1. The summed E-state index contributed by atoms with van der Waals surface area (Å²) in [6.07, 6.45) is 0. The molecule has 0 unspecified atom stereocenters. The quantitative estimate of drug-likeness (QED) is 0.619. The first kappa shape index (κ1) is 19.1. The Morgan fingerprint density at radius 3 is 2.19 bits per heavy atom. The van der Waals surface area contributed by atoms with E-state index in [1.165, 1.54) is 23.1 Å². The molecule has 5 nitrogen and oxygen atoms in total. The van der Waals surface area contributed by atoms with Crippen LogP contribution in [-0.2, 0) is 9.59 Å². The predicted octanol–water partition coefficient (Wildman–Crippen LogP) is 4.43. The van der Waals surface area contributed by atoms with Crippen molar-refractivity contribution >= 4 is 45.7 Å². The van der Waals surface area contributed by atoms with Crippen molar-refractivity contribution in [1.82, 2.24) is 4.98 Å². The van der Waals surface area contributed by atoms with E-state index in [1.54, 1.807) is 0 Å². The summed E-state index contributed by atoms with van der Waals surface area (Å²) in [5.41, 5.74) is 2.66. The van der Waals surface area contributed by atoms with E-state index < -0.39 is 0 Å². The number of aryl methyl sites for hydroxylation is 1. The Balaban J connectivity index is 1.46. The number of anilines is 2. The zero-order chi connectivity index (χ0) is 19.1. The van der Waals surface area contributed by atoms with Crippen LogP contribution in [0.4, 0.5) is 10.8 Å². The number of carbonyl (C=O) groups is 2. The van der Waals surface area contributed by atoms with Gasteiger partial charge in [-0.15, -0.1) is 23.1 Å². The van der Waals surface area contributed by atoms with Gasteiger partial charge >= 0.3 is 0 Å². The molecule has 2 aromatic carbocycles. The van der Waals surface area contributed by atoms with Crippen LogP contribution in [0.25, 0.3) is 11.3 Å². The van der Waals surface area contributed by atoms with Crippen molar-refractivity contribution in [1.29, 1.82) is 0 Å². The van der Waals surface area contributed by atoms with Crippen LogP contribution in [0.3, 0.4) is 0 Å². The van der Waals surface area contributed by atoms with Gasteiger partial charge in [0, 0.05) is 16.1 Å². The zero-order valence-corrected chi connectivity index (χ0v) is 16.4. The number of thioether (sulfide) groups is 1. The van der Waals surface area contributed by atoms with Gasteiger partial charge in [-0.1, -0.05) is 48.5 Å². The van der Waals surface area contributed by atoms with Crippen LogP contribution < -0.4 is 10.6 Å². The summed E-state index contributed by atoms with van der Waals surface area (Å²) < 4.78 is 0. The number of para-hydroxylation sites is 1. The minimum atomic E-state index is -0.166. The Hall–Kier alpha value is -2.64. The third-order valence-electron chi connectivity index (χ3n) is 3.61. The Morgan fingerprint density at radius 1 is 0.926 bits per heavy atom. The number of nitrogens with one attached hydrogen (secondary N) is 2. The van der Waals surface area contributed by atoms with Crippen molar-refractivity contribution in [3.05, 3.63) is 65.5 Å². The molecule has 0 fully saturated rings. The fourth-order valence-corrected chi connectivity index (χ4v) is 3.89. The van der Waals surface area contributed by atoms with E-state index in [4.69, 9.17) is 0 Å². The maximum Gasteiger partial charge on any atom is 0.236 e. The van der Waals surface area contributed by atoms with Crippen LogP contribution >= 0.6 is 23.1 Å². The van der Waals surface area contributed by atoms with Crippen LogP contribution in [0, 0.1) is 6.92 Å². The third-order valence-corrected chi connectivity index (χ3v) is 5.43. The van der Waals surface area contributed by atoms with E-state index in [0.29, 0.717) is 5.13 Å². The Labute approximate surface area is 166 Å². The molecule has 0 aliphatic carbocycles. The van der Waals surface area contributed by atoms with E-state index >= 15 is 0 Å². The predicted molar refractivity (Wildman–Crippen MR) is 113 cm³/mol. The number of nitrogens with zero attached hydrogens (tertiary/aromatic N) is 1. The largest absolute Gasteiger partial charge is 0.325 e. The van der Waals surface area contributed by atoms with Gasteiger partial charge in [-0.25, -0.2) is 4.98 Å². The maximum absolute atomic E-state index is 12.1. The van der Waals surface area contributed by atoms with Crippen LogP contribution in [0.2, 0.25) is 0 Å². The first-order chi connectivity index (χ1) is 13.1. The average molecular weight is 398 g/mol. The molecule has 0 saturated heterocycles. The molecule has 138 valence electrons. The monoisotopic (exact) mass is 397 g/mol. The lowest BCUT2D eigenvalue weighted by Crippen LogP contribution is -2.18. The molecule has 0 radical (unpaired) electrons. The summed E-state index contributed by atoms with van der Waals surface area (Å²) in [5, 5.41) is 6.18. The van der Waals surface area contributed by atoms with Crippen LogP contribution in [0.15, 0.2) is 60.7 Å². The molecule has 2 amide bonds. The second-order valence-corrected chi connectivity index (χ2v) is 7.93. The first-order valence-electron chi connectivity index (χ1n) is 8.37. The van der Waals surface area contributed by atoms with Gasteiger partial charge in [0.05, 0.1) is 17.2 Å². The van der Waals surface area contributed by atoms with Gasteiger partial charge in [-0.05, 0) is 19.1 Å². The van der Waals surface area contributed by atoms with Crippen molar-refractivity contribution in [3.8, 4) is 11.3 Å². The molecule has 3 rings (SSSR count). The van der Waals surface area contributed by atoms with Gasteiger partial charge < -0.3 is 10.6 Å². The van der Waals surface area contributed by atoms with E-state index in [2.05, 4.69) is 15.6 Å². The second-order valence-electron chi connectivity index (χ2n) is 5.75. The average Bonchev–Trinajstić information content (AvgIpc) is 3.03. The maximum atomic E-state index is 12.1. The molecule has 1 heterocycles. The minimum absolute atomic E-state index is 0.129. The molecular weight excluding hydrogens is 378 g/mol. The van der Waals surface area contributed by atoms with Crippen molar-refractivity contribution in [2.75, 3.05) is 22.1 Å². The van der Waals surface area contributed by atoms with Gasteiger partial charge in [0.2, 0.25) is 11.8 Å². The van der Waals surface area contributed by atoms with Crippen molar-refractivity contribution in [2.24, 2.45) is 0 Å². The van der Waals surface area contributed by atoms with Crippen LogP contribution in [-0.4, -0.2) is 28.3 Å². The molecule has 27 heavy (non-hydrogen) atoms. The third kappa shape index (κ3) is 5.67. The number of thiazole rings is 1. The molecule has 1 aromatic heterocycles. The summed E-state index contributed by atoms with van der Waals surface area (Å²) >= 11 is 2.72. The molecule has 0 spiro atoms. The smallest absolute Gasteiger partial charge is 0.236 e. The molecule has 0 saturated carbocycles. The number of benzene rings is 2. The van der Waals surface area contributed by atoms with Crippen molar-refractivity contribution in [2.45, 2.75) is 6.92 Å². The van der Waals surface area contributed by atoms with Gasteiger partial charge in [0.15, 0.2) is 5.13 Å². The molecule has 7 heteroatoms. The molecule has 0 atom stereocenters. The highest BCUT2D eigenvalue weighted by atomic mass is 32.2. The standard InChI is InChI=1S/C20H19N3O2S2/c1-14-19(15-8-4-2-5-9-15)23-20(27-14)22-18(25)13-26-12-17(24)21-16-10-6-3-7-11-16/h2-11H,12-13H2,1H3,(H,21,24)(H,22,23,25). The second kappa shape index (κ2) is 9.34. The molecule has 0 bridgehead atoms. The first-order valence-corrected chi connectivity index (χ1v) is 10.3. The van der Waals surface area contributed by atoms with Gasteiger partial charge in [-0.2, -0.15) is 0 Å². The van der Waals surface area contributed by atoms with E-state index in [9.17, 15) is 9.59 Å². The lowest BCUT2D eigenvalue weighted by molar-refractivity contribution is -0.114. The lowest BCUT2D eigenvalue weighted by Gasteiger charge is -2.05. The number of carbonyl (C=O) groups excluding carboxylic acids is 2. The topological polar surface area (TPSA) is 71.1 Å². The number of hydrogen-bond acceptors (Lipinski definition) is 5. The molecule has 2 N–H and O–H groups in total. The molecule has 0 aliphatic rings. The summed E-state index contributed by atoms with van der Waals surface area (Å²) in [7, 11) is 0. The van der Waals surface area contributed by atoms with E-state index in [1.807, 2.05) is 67.6 Å². The molecular formula is C20H19N3O2S2. The Kier molecular flexibility index (Phi) is 6.62. The summed E-state index contributed by atoms with van der Waals surface area (Å²) in [6.45, 7) is 1.98. The zero-order valence-electron chi connectivity index (χ0n) is 14.8. The van der Waals surface area contributed by atoms with Crippen molar-refractivity contribution < 1.29 is 9.59 Å². The van der Waals surface area contributed by atoms with E-state index in [0.717, 1.165) is 21.8 Å². The Bertz CT molecular complexity index is 911. The van der Waals surface area contributed by atoms with Crippen LogP contribution in [0.5, 0.6) is 0 Å². The molecule has 3 aromatic rings. The number of amides is 2. The number of rotatable bonds is 7. The SMILES string of the molecule is Cc1sc(NC(=O)CSCC(=O)Nc2ccccc2)nc1-c1ccccc1. The highest BCUT2D eigenvalue weighted by molar-refractivity contribution is 8.00. The highest BCUT2D eigenvalue weighted by Crippen LogP contribution is 2.30. The van der Waals surface area contributed by atoms with Gasteiger partial charge in [0.1, 0.15) is 0 Å². The normalized spacial score (nSPS) is 10.4. The summed E-state index contributed by atoms with van der Waals surface area (Å²) in [5.74, 6) is 0.118. The Morgan fingerprint density at radius 2 is 1.52 bits per heavy atom. The van der Waals surface area contributed by atoms with E-state index in [-0.39, 0.29) is 23.3 Å². The van der Waals surface area contributed by atoms with Crippen molar-refractivity contribution in [3.63, 3.8) is 0 Å². The fourth-order valence-electron chi connectivity index (χ4n) is 2.42. The highest BCUT2D eigenvalue weighted by Gasteiger charge is 2.12. The minimum Gasteiger partial charge on any atom is -0.325 e. The molecule has 0 aliphatic heterocycles. The lowest BCUT2D eigenvalue weighted by atomic mass is 10.1. The number of hydrogen-bond donors (Lipinski definition) is 2. The van der Waals surface area contributed by atoms with Gasteiger partial charge in [0.25, 0.3) is 0 Å². The fraction of sp³-hybridized carbons (Fsp3) is 0.150. The summed E-state index contributed by atoms with van der Waals surface area (Å²) in [6, 6.07) is 19.1.